The Balaban J connectivity index is 2.06. The number of fused-ring (bicyclic) bond motifs is 1. The molecular weight excluding hydrogens is 367 g/mol. The number of halogens is 1. The Bertz CT molecular complexity index is 697. The molecule has 1 atom stereocenters. The highest BCUT2D eigenvalue weighted by Crippen LogP contribution is 2.36. The van der Waals surface area contributed by atoms with Crippen LogP contribution in [0, 0.1) is 3.57 Å². The number of methoxy groups -OCH3 is 1. The molecule has 3 rings (SSSR count). The maximum atomic E-state index is 12.0. The Labute approximate surface area is 130 Å². The van der Waals surface area contributed by atoms with Crippen molar-refractivity contribution in [3.8, 4) is 0 Å². The first-order valence-corrected chi connectivity index (χ1v) is 7.64. The van der Waals surface area contributed by atoms with Crippen molar-refractivity contribution in [1.82, 2.24) is 9.97 Å². The van der Waals surface area contributed by atoms with Crippen LogP contribution in [0.5, 0.6) is 0 Å². The van der Waals surface area contributed by atoms with Crippen molar-refractivity contribution in [3.63, 3.8) is 0 Å². The van der Waals surface area contributed by atoms with Gasteiger partial charge in [0.2, 0.25) is 0 Å². The van der Waals surface area contributed by atoms with Gasteiger partial charge in [0.05, 0.1) is 12.3 Å². The van der Waals surface area contributed by atoms with Crippen LogP contribution in [0.3, 0.4) is 0 Å². The Kier molecular flexibility index (Phi) is 3.89. The zero-order valence-corrected chi connectivity index (χ0v) is 13.3. The number of benzene rings is 1. The second-order valence-electron chi connectivity index (χ2n) is 4.93. The van der Waals surface area contributed by atoms with Gasteiger partial charge in [0, 0.05) is 13.0 Å². The molecule has 104 valence electrons. The monoisotopic (exact) mass is 382 g/mol. The fourth-order valence-corrected chi connectivity index (χ4v) is 3.17. The number of aryl methyl sites for hydroxylation is 1. The first kappa shape index (κ1) is 13.8. The topological polar surface area (TPSA) is 55.0 Å². The minimum absolute atomic E-state index is 0.0768. The van der Waals surface area contributed by atoms with Gasteiger partial charge in [-0.1, -0.05) is 24.3 Å². The number of nitrogens with zero attached hydrogens (tertiary/aromatic N) is 1. The van der Waals surface area contributed by atoms with E-state index in [4.69, 9.17) is 4.74 Å². The van der Waals surface area contributed by atoms with Gasteiger partial charge in [0.15, 0.2) is 0 Å². The van der Waals surface area contributed by atoms with Crippen LogP contribution in [0.4, 0.5) is 0 Å². The molecule has 0 spiro atoms. The third-order valence-corrected chi connectivity index (χ3v) is 4.81. The summed E-state index contributed by atoms with van der Waals surface area (Å²) in [6, 6.07) is 8.37. The van der Waals surface area contributed by atoms with E-state index in [1.807, 2.05) is 28.7 Å². The lowest BCUT2D eigenvalue weighted by molar-refractivity contribution is 0.180. The molecule has 1 heterocycles. The predicted molar refractivity (Wildman–Crippen MR) is 84.9 cm³/mol. The Hall–Kier alpha value is -1.21. The predicted octanol–water partition coefficient (Wildman–Crippen LogP) is 2.60. The van der Waals surface area contributed by atoms with Gasteiger partial charge in [-0.25, -0.2) is 4.98 Å². The molecule has 20 heavy (non-hydrogen) atoms. The summed E-state index contributed by atoms with van der Waals surface area (Å²) in [5, 5.41) is 0. The quantitative estimate of drug-likeness (QED) is 0.831. The van der Waals surface area contributed by atoms with Crippen molar-refractivity contribution in [3.05, 3.63) is 60.8 Å². The maximum Gasteiger partial charge on any atom is 0.264 e. The van der Waals surface area contributed by atoms with Crippen LogP contribution in [-0.2, 0) is 17.8 Å². The van der Waals surface area contributed by atoms with E-state index < -0.39 is 0 Å². The van der Waals surface area contributed by atoms with Gasteiger partial charge < -0.3 is 9.72 Å². The van der Waals surface area contributed by atoms with E-state index in [9.17, 15) is 4.79 Å². The van der Waals surface area contributed by atoms with Crippen LogP contribution in [0.25, 0.3) is 0 Å². The van der Waals surface area contributed by atoms with Gasteiger partial charge in [-0.2, -0.15) is 0 Å². The lowest BCUT2D eigenvalue weighted by Crippen LogP contribution is -2.20. The van der Waals surface area contributed by atoms with Crippen LogP contribution in [0.2, 0.25) is 0 Å². The lowest BCUT2D eigenvalue weighted by atomic mass is 10.0. The molecule has 1 aromatic heterocycles. The summed E-state index contributed by atoms with van der Waals surface area (Å²) >= 11 is 2.02. The number of nitrogens with one attached hydrogen (secondary N) is 1. The van der Waals surface area contributed by atoms with E-state index in [1.54, 1.807) is 7.11 Å². The molecule has 0 radical (unpaired) electrons. The molecule has 1 aromatic carbocycles. The number of aromatic amines is 1. The Morgan fingerprint density at radius 3 is 3.05 bits per heavy atom. The van der Waals surface area contributed by atoms with Gasteiger partial charge >= 0.3 is 0 Å². The van der Waals surface area contributed by atoms with Crippen LogP contribution in [0.15, 0.2) is 29.1 Å². The number of aromatic nitrogens is 2. The highest BCUT2D eigenvalue weighted by Gasteiger charge is 2.26. The molecule has 1 unspecified atom stereocenters. The molecular formula is C15H15IN2O2. The van der Waals surface area contributed by atoms with Gasteiger partial charge in [0.25, 0.3) is 5.56 Å². The summed E-state index contributed by atoms with van der Waals surface area (Å²) in [6.07, 6.45) is 2.03. The van der Waals surface area contributed by atoms with Gasteiger partial charge in [-0.15, -0.1) is 0 Å². The third kappa shape index (κ3) is 2.40. The molecule has 0 amide bonds. The number of hydrogen-bond donors (Lipinski definition) is 1. The summed E-state index contributed by atoms with van der Waals surface area (Å²) in [5.74, 6) is 0.943. The van der Waals surface area contributed by atoms with E-state index in [0.29, 0.717) is 10.2 Å². The largest absolute Gasteiger partial charge is 0.378 e. The van der Waals surface area contributed by atoms with E-state index in [2.05, 4.69) is 28.2 Å². The van der Waals surface area contributed by atoms with Gasteiger partial charge in [-0.05, 0) is 46.6 Å². The third-order valence-electron chi connectivity index (χ3n) is 3.69. The normalized spacial score (nSPS) is 17.2. The van der Waals surface area contributed by atoms with Crippen LogP contribution >= 0.6 is 22.6 Å². The fraction of sp³-hybridized carbons (Fsp3) is 0.333. The Morgan fingerprint density at radius 1 is 1.45 bits per heavy atom. The lowest BCUT2D eigenvalue weighted by Gasteiger charge is -2.13. The summed E-state index contributed by atoms with van der Waals surface area (Å²) in [7, 11) is 1.61. The second kappa shape index (κ2) is 5.65. The molecule has 1 aliphatic carbocycles. The van der Waals surface area contributed by atoms with Gasteiger partial charge in [0.1, 0.15) is 9.39 Å². The average molecular weight is 382 g/mol. The first-order valence-electron chi connectivity index (χ1n) is 6.56. The molecule has 0 aliphatic heterocycles. The summed E-state index contributed by atoms with van der Waals surface area (Å²) < 4.78 is 5.74. The number of H-pyrrole nitrogens is 1. The number of ether oxygens (including phenoxy) is 1. The second-order valence-corrected chi connectivity index (χ2v) is 6.01. The van der Waals surface area contributed by atoms with Crippen LogP contribution in [0.1, 0.15) is 35.0 Å². The molecule has 4 nitrogen and oxygen atoms in total. The summed E-state index contributed by atoms with van der Waals surface area (Å²) in [6.45, 7) is 0.365. The Morgan fingerprint density at radius 2 is 2.25 bits per heavy atom. The minimum atomic E-state index is -0.0768. The van der Waals surface area contributed by atoms with Crippen molar-refractivity contribution in [1.29, 1.82) is 0 Å². The average Bonchev–Trinajstić information content (AvgIpc) is 2.88. The molecule has 1 aliphatic rings. The molecule has 0 fully saturated rings. The zero-order chi connectivity index (χ0) is 14.1. The van der Waals surface area contributed by atoms with Crippen molar-refractivity contribution < 1.29 is 4.74 Å². The SMILES string of the molecule is COCc1nc(C2CCc3ccccc32)[nH]c(=O)c1I. The van der Waals surface area contributed by atoms with Crippen molar-refractivity contribution >= 4 is 22.6 Å². The first-order chi connectivity index (χ1) is 9.70. The van der Waals surface area contributed by atoms with Crippen LogP contribution < -0.4 is 5.56 Å². The van der Waals surface area contributed by atoms with Crippen LogP contribution in [-0.4, -0.2) is 17.1 Å². The summed E-state index contributed by atoms with van der Waals surface area (Å²) in [4.78, 5) is 19.6. The van der Waals surface area contributed by atoms with Gasteiger partial charge in [-0.3, -0.25) is 4.79 Å². The minimum Gasteiger partial charge on any atom is -0.378 e. The standard InChI is InChI=1S/C15H15IN2O2/c1-20-8-12-13(16)15(19)18-14(17-12)11-7-6-9-4-2-3-5-10(9)11/h2-5,11H,6-8H2,1H3,(H,17,18,19). The molecule has 0 bridgehead atoms. The molecule has 5 heteroatoms. The highest BCUT2D eigenvalue weighted by molar-refractivity contribution is 14.1. The summed E-state index contributed by atoms with van der Waals surface area (Å²) in [5.41, 5.74) is 3.27. The smallest absolute Gasteiger partial charge is 0.264 e. The fourth-order valence-electron chi connectivity index (χ4n) is 2.76. The van der Waals surface area contributed by atoms with Crippen molar-refractivity contribution in [2.75, 3.05) is 7.11 Å². The molecule has 1 N–H and O–H groups in total. The van der Waals surface area contributed by atoms with Crippen molar-refractivity contribution in [2.45, 2.75) is 25.4 Å². The number of hydrogen-bond acceptors (Lipinski definition) is 3. The maximum absolute atomic E-state index is 12.0. The highest BCUT2D eigenvalue weighted by atomic mass is 127. The number of rotatable bonds is 3. The molecule has 2 aromatic rings. The van der Waals surface area contributed by atoms with E-state index in [0.717, 1.165) is 24.4 Å². The zero-order valence-electron chi connectivity index (χ0n) is 11.1. The molecule has 0 saturated carbocycles. The van der Waals surface area contributed by atoms with E-state index in [1.165, 1.54) is 11.1 Å². The van der Waals surface area contributed by atoms with E-state index in [-0.39, 0.29) is 11.5 Å². The molecule has 0 saturated heterocycles. The van der Waals surface area contributed by atoms with Crippen molar-refractivity contribution in [2.24, 2.45) is 0 Å². The van der Waals surface area contributed by atoms with E-state index >= 15 is 0 Å².